The van der Waals surface area contributed by atoms with E-state index in [1.807, 2.05) is 0 Å². The van der Waals surface area contributed by atoms with E-state index in [9.17, 15) is 15.0 Å². The number of para-hydroxylation sites is 1. The third-order valence-electron chi connectivity index (χ3n) is 2.85. The summed E-state index contributed by atoms with van der Waals surface area (Å²) in [7, 11) is 0. The fourth-order valence-electron chi connectivity index (χ4n) is 1.82. The van der Waals surface area contributed by atoms with Gasteiger partial charge in [0.15, 0.2) is 11.5 Å². The van der Waals surface area contributed by atoms with E-state index in [0.29, 0.717) is 16.8 Å². The SMILES string of the molecule is C=CC(=O)Nc1ccc(-c2ccccc2N)c(O)c1O. The minimum Gasteiger partial charge on any atom is -0.504 e. The molecule has 5 N–H and O–H groups in total. The molecule has 5 heteroatoms. The van der Waals surface area contributed by atoms with Crippen LogP contribution in [0.5, 0.6) is 11.5 Å². The summed E-state index contributed by atoms with van der Waals surface area (Å²) in [6, 6.07) is 10.0. The zero-order chi connectivity index (χ0) is 14.7. The zero-order valence-electron chi connectivity index (χ0n) is 10.6. The summed E-state index contributed by atoms with van der Waals surface area (Å²) in [6.45, 7) is 3.31. The predicted molar refractivity (Wildman–Crippen MR) is 78.4 cm³/mol. The smallest absolute Gasteiger partial charge is 0.247 e. The number of benzene rings is 2. The highest BCUT2D eigenvalue weighted by molar-refractivity contribution is 6.01. The van der Waals surface area contributed by atoms with Crippen LogP contribution in [0.2, 0.25) is 0 Å². The van der Waals surface area contributed by atoms with E-state index in [1.165, 1.54) is 6.07 Å². The largest absolute Gasteiger partial charge is 0.504 e. The number of nitrogens with two attached hydrogens (primary N) is 1. The summed E-state index contributed by atoms with van der Waals surface area (Å²) in [5.41, 5.74) is 7.40. The highest BCUT2D eigenvalue weighted by atomic mass is 16.3. The number of rotatable bonds is 3. The lowest BCUT2D eigenvalue weighted by molar-refractivity contribution is -0.111. The van der Waals surface area contributed by atoms with Gasteiger partial charge in [-0.3, -0.25) is 4.79 Å². The van der Waals surface area contributed by atoms with Gasteiger partial charge < -0.3 is 21.3 Å². The zero-order valence-corrected chi connectivity index (χ0v) is 10.6. The first-order valence-electron chi connectivity index (χ1n) is 5.87. The molecule has 1 amide bonds. The molecule has 0 radical (unpaired) electrons. The fourth-order valence-corrected chi connectivity index (χ4v) is 1.82. The van der Waals surface area contributed by atoms with Gasteiger partial charge in [-0.1, -0.05) is 24.8 Å². The Morgan fingerprint density at radius 1 is 1.10 bits per heavy atom. The van der Waals surface area contributed by atoms with Crippen LogP contribution in [-0.4, -0.2) is 16.1 Å². The van der Waals surface area contributed by atoms with E-state index in [-0.39, 0.29) is 11.4 Å². The van der Waals surface area contributed by atoms with Crippen molar-refractivity contribution in [2.24, 2.45) is 0 Å². The second kappa shape index (κ2) is 5.36. The molecule has 0 unspecified atom stereocenters. The molecule has 0 bridgehead atoms. The van der Waals surface area contributed by atoms with Crippen LogP contribution in [0.15, 0.2) is 49.1 Å². The van der Waals surface area contributed by atoms with Gasteiger partial charge in [-0.25, -0.2) is 0 Å². The molecule has 2 aromatic carbocycles. The van der Waals surface area contributed by atoms with Gasteiger partial charge in [0.25, 0.3) is 0 Å². The van der Waals surface area contributed by atoms with Crippen molar-refractivity contribution in [2.75, 3.05) is 11.1 Å². The maximum absolute atomic E-state index is 11.2. The molecule has 0 saturated carbocycles. The predicted octanol–water partition coefficient (Wildman–Crippen LogP) is 2.47. The Morgan fingerprint density at radius 2 is 1.80 bits per heavy atom. The normalized spacial score (nSPS) is 10.0. The Morgan fingerprint density at radius 3 is 2.45 bits per heavy atom. The van der Waals surface area contributed by atoms with E-state index in [4.69, 9.17) is 5.73 Å². The third-order valence-corrected chi connectivity index (χ3v) is 2.85. The van der Waals surface area contributed by atoms with E-state index in [1.54, 1.807) is 30.3 Å². The van der Waals surface area contributed by atoms with Crippen LogP contribution < -0.4 is 11.1 Å². The summed E-state index contributed by atoms with van der Waals surface area (Å²) >= 11 is 0. The Bertz CT molecular complexity index is 681. The number of carbonyl (C=O) groups excluding carboxylic acids is 1. The molecule has 0 spiro atoms. The van der Waals surface area contributed by atoms with Gasteiger partial charge in [0.1, 0.15) is 0 Å². The lowest BCUT2D eigenvalue weighted by Crippen LogP contribution is -2.07. The molecule has 0 aromatic heterocycles. The van der Waals surface area contributed by atoms with Crippen LogP contribution in [0.25, 0.3) is 11.1 Å². The number of phenolic OH excluding ortho intramolecular Hbond substituents is 2. The molecular weight excluding hydrogens is 256 g/mol. The van der Waals surface area contributed by atoms with Gasteiger partial charge >= 0.3 is 0 Å². The van der Waals surface area contributed by atoms with E-state index >= 15 is 0 Å². The maximum atomic E-state index is 11.2. The molecule has 5 nitrogen and oxygen atoms in total. The van der Waals surface area contributed by atoms with Crippen LogP contribution in [0.1, 0.15) is 0 Å². The minimum absolute atomic E-state index is 0.102. The number of nitrogen functional groups attached to an aromatic ring is 1. The first-order valence-corrected chi connectivity index (χ1v) is 5.87. The monoisotopic (exact) mass is 270 g/mol. The molecule has 0 fully saturated rings. The molecule has 0 saturated heterocycles. The third kappa shape index (κ3) is 2.42. The molecule has 0 heterocycles. The number of nitrogens with one attached hydrogen (secondary N) is 1. The lowest BCUT2D eigenvalue weighted by Gasteiger charge is -2.12. The molecule has 0 aliphatic heterocycles. The van der Waals surface area contributed by atoms with Crippen LogP contribution in [0.3, 0.4) is 0 Å². The minimum atomic E-state index is -0.480. The molecule has 2 rings (SSSR count). The van der Waals surface area contributed by atoms with Crippen molar-refractivity contribution < 1.29 is 15.0 Å². The molecule has 20 heavy (non-hydrogen) atoms. The lowest BCUT2D eigenvalue weighted by atomic mass is 10.0. The maximum Gasteiger partial charge on any atom is 0.247 e. The molecule has 0 aliphatic carbocycles. The molecule has 2 aromatic rings. The van der Waals surface area contributed by atoms with Crippen molar-refractivity contribution in [3.8, 4) is 22.6 Å². The molecule has 0 atom stereocenters. The molecule has 102 valence electrons. The van der Waals surface area contributed by atoms with Crippen molar-refractivity contribution in [1.82, 2.24) is 0 Å². The number of hydrogen-bond donors (Lipinski definition) is 4. The molecule has 0 aliphatic rings. The summed E-state index contributed by atoms with van der Waals surface area (Å²) < 4.78 is 0. The molecular formula is C15H14N2O3. The topological polar surface area (TPSA) is 95.6 Å². The van der Waals surface area contributed by atoms with Crippen molar-refractivity contribution in [3.05, 3.63) is 49.1 Å². The van der Waals surface area contributed by atoms with Gasteiger partial charge in [0, 0.05) is 16.8 Å². The number of phenols is 2. The number of anilines is 2. The van der Waals surface area contributed by atoms with Crippen LogP contribution >= 0.6 is 0 Å². The van der Waals surface area contributed by atoms with Crippen molar-refractivity contribution >= 4 is 17.3 Å². The second-order valence-corrected chi connectivity index (χ2v) is 4.14. The number of aromatic hydroxyl groups is 2. The highest BCUT2D eigenvalue weighted by Crippen LogP contribution is 2.42. The summed E-state index contributed by atoms with van der Waals surface area (Å²) in [5, 5.41) is 22.4. The van der Waals surface area contributed by atoms with Gasteiger partial charge in [-0.15, -0.1) is 0 Å². The van der Waals surface area contributed by atoms with E-state index < -0.39 is 11.7 Å². The summed E-state index contributed by atoms with van der Waals surface area (Å²) in [5.74, 6) is -1.24. The van der Waals surface area contributed by atoms with Crippen molar-refractivity contribution in [2.45, 2.75) is 0 Å². The standard InChI is InChI=1S/C15H14N2O3/c1-2-13(18)17-12-8-7-10(14(19)15(12)20)9-5-3-4-6-11(9)16/h2-8,19-20H,1,16H2,(H,17,18). The quantitative estimate of drug-likeness (QED) is 0.391. The van der Waals surface area contributed by atoms with E-state index in [2.05, 4.69) is 11.9 Å². The van der Waals surface area contributed by atoms with Crippen LogP contribution in [0.4, 0.5) is 11.4 Å². The number of hydrogen-bond acceptors (Lipinski definition) is 4. The van der Waals surface area contributed by atoms with Crippen molar-refractivity contribution in [3.63, 3.8) is 0 Å². The van der Waals surface area contributed by atoms with Gasteiger partial charge in [0.05, 0.1) is 5.69 Å². The first kappa shape index (κ1) is 13.5. The summed E-state index contributed by atoms with van der Waals surface area (Å²) in [6.07, 6.45) is 1.07. The van der Waals surface area contributed by atoms with Gasteiger partial charge in [0.2, 0.25) is 5.91 Å². The van der Waals surface area contributed by atoms with Crippen LogP contribution in [0, 0.1) is 0 Å². The summed E-state index contributed by atoms with van der Waals surface area (Å²) in [4.78, 5) is 11.2. The van der Waals surface area contributed by atoms with Crippen molar-refractivity contribution in [1.29, 1.82) is 0 Å². The van der Waals surface area contributed by atoms with Gasteiger partial charge in [-0.2, -0.15) is 0 Å². The first-order chi connectivity index (χ1) is 9.54. The average molecular weight is 270 g/mol. The number of carbonyl (C=O) groups is 1. The number of amides is 1. The Labute approximate surface area is 116 Å². The Kier molecular flexibility index (Phi) is 3.61. The Hall–Kier alpha value is -2.95. The average Bonchev–Trinajstić information content (AvgIpc) is 2.45. The Balaban J connectivity index is 2.49. The van der Waals surface area contributed by atoms with E-state index in [0.717, 1.165) is 6.08 Å². The van der Waals surface area contributed by atoms with Crippen LogP contribution in [-0.2, 0) is 4.79 Å². The van der Waals surface area contributed by atoms with Gasteiger partial charge in [-0.05, 0) is 24.3 Å². The fraction of sp³-hybridized carbons (Fsp3) is 0. The second-order valence-electron chi connectivity index (χ2n) is 4.14. The highest BCUT2D eigenvalue weighted by Gasteiger charge is 2.15.